The van der Waals surface area contributed by atoms with Crippen molar-refractivity contribution < 1.29 is 55.3 Å². The summed E-state index contributed by atoms with van der Waals surface area (Å²) in [6.45, 7) is 30.3. The summed E-state index contributed by atoms with van der Waals surface area (Å²) in [5, 5.41) is 49.5. The summed E-state index contributed by atoms with van der Waals surface area (Å²) in [7, 11) is -6.41. The van der Waals surface area contributed by atoms with Gasteiger partial charge in [-0.25, -0.2) is 35.5 Å². The maximum atomic E-state index is 11.4. The minimum atomic E-state index is -4.00. The zero-order chi connectivity index (χ0) is 56.5. The first kappa shape index (κ1) is 77.5. The van der Waals surface area contributed by atoms with Crippen molar-refractivity contribution in [3.63, 3.8) is 0 Å². The molecule has 0 unspecified atom stereocenters. The number of nitro benzene ring substituents is 3. The number of nitrogens with zero attached hydrogens (tertiary/aromatic N) is 3. The summed E-state index contributed by atoms with van der Waals surface area (Å²) in [4.78, 5) is 29.6. The minimum absolute atomic E-state index is 0. The Morgan fingerprint density at radius 1 is 0.527 bits per heavy atom. The third kappa shape index (κ3) is 27.2. The molecule has 23 nitrogen and oxygen atoms in total. The molecule has 0 aromatic heterocycles. The van der Waals surface area contributed by atoms with E-state index in [-0.39, 0.29) is 68.2 Å². The number of halogens is 1. The van der Waals surface area contributed by atoms with Crippen molar-refractivity contribution >= 4 is 68.2 Å². The third-order valence-corrected chi connectivity index (χ3v) is 12.4. The highest BCUT2D eigenvalue weighted by Gasteiger charge is 2.28. The van der Waals surface area contributed by atoms with Crippen molar-refractivity contribution in [3.8, 4) is 0 Å². The fourth-order valence-corrected chi connectivity index (χ4v) is 9.10. The van der Waals surface area contributed by atoms with Crippen LogP contribution in [0.5, 0.6) is 0 Å². The molecule has 74 heavy (non-hydrogen) atoms. The average Bonchev–Trinajstić information content (AvgIpc) is 3.19. The Hall–Kier alpha value is -5.42. The van der Waals surface area contributed by atoms with Crippen molar-refractivity contribution in [1.82, 2.24) is 6.15 Å². The van der Waals surface area contributed by atoms with Gasteiger partial charge in [-0.15, -0.1) is 0 Å². The molecule has 0 bridgehead atoms. The molecule has 4 aromatic carbocycles. The van der Waals surface area contributed by atoms with Gasteiger partial charge < -0.3 is 32.9 Å². The minimum Gasteiger partial charge on any atom is -0.412 e. The van der Waals surface area contributed by atoms with Crippen LogP contribution in [-0.4, -0.2) is 70.4 Å². The van der Waals surface area contributed by atoms with E-state index in [4.69, 9.17) is 42.3 Å². The molecule has 0 radical (unpaired) electrons. The molecule has 424 valence electrons. The lowest BCUT2D eigenvalue weighted by atomic mass is 9.86. The van der Waals surface area contributed by atoms with Gasteiger partial charge in [0.05, 0.1) is 29.5 Å². The Balaban J connectivity index is -0.000000269. The first-order valence-corrected chi connectivity index (χ1v) is 27.0. The molecule has 27 heteroatoms. The zero-order valence-corrected chi connectivity index (χ0v) is 47.5. The second-order valence-electron chi connectivity index (χ2n) is 19.3. The summed E-state index contributed by atoms with van der Waals surface area (Å²) in [6, 6.07) is 16.8. The monoisotopic (exact) mass is 1130 g/mol. The number of rotatable bonds is 8. The highest BCUT2D eigenvalue weighted by Crippen LogP contribution is 2.35. The predicted molar refractivity (Wildman–Crippen MR) is 295 cm³/mol. The van der Waals surface area contributed by atoms with Gasteiger partial charge in [0.15, 0.2) is 0 Å². The summed E-state index contributed by atoms with van der Waals surface area (Å²) in [6.07, 6.45) is 0. The molecule has 4 aromatic rings. The van der Waals surface area contributed by atoms with Gasteiger partial charge in [0, 0.05) is 78.3 Å². The van der Waals surface area contributed by atoms with E-state index in [1.165, 1.54) is 42.5 Å². The van der Waals surface area contributed by atoms with E-state index in [1.54, 1.807) is 45.9 Å². The molecular weight excluding hydrogens is 1050 g/mol. The van der Waals surface area contributed by atoms with E-state index >= 15 is 0 Å². The van der Waals surface area contributed by atoms with Crippen LogP contribution in [0.2, 0.25) is 0 Å². The van der Waals surface area contributed by atoms with Gasteiger partial charge in [-0.3, -0.25) is 30.3 Å². The number of anilines is 2. The summed E-state index contributed by atoms with van der Waals surface area (Å²) < 4.78 is 73.3. The van der Waals surface area contributed by atoms with Crippen molar-refractivity contribution in [2.75, 3.05) is 31.3 Å². The van der Waals surface area contributed by atoms with Crippen LogP contribution in [0.1, 0.15) is 134 Å². The van der Waals surface area contributed by atoms with E-state index in [0.717, 1.165) is 30.9 Å². The molecule has 0 atom stereocenters. The number of hydrogen-bond acceptors (Lipinski definition) is 17. The quantitative estimate of drug-likeness (QED) is 0.0414. The van der Waals surface area contributed by atoms with Gasteiger partial charge in [-0.05, 0) is 82.9 Å². The molecule has 0 amide bonds. The third-order valence-electron chi connectivity index (χ3n) is 9.12. The van der Waals surface area contributed by atoms with E-state index in [0.29, 0.717) is 28.1 Å². The van der Waals surface area contributed by atoms with Crippen LogP contribution < -0.4 is 27.9 Å². The van der Waals surface area contributed by atoms with Crippen LogP contribution in [0.25, 0.3) is 0 Å². The molecule has 0 saturated carbocycles. The lowest BCUT2D eigenvalue weighted by Gasteiger charge is -2.22. The normalized spacial score (nSPS) is 11.3. The molecule has 0 aliphatic rings. The van der Waals surface area contributed by atoms with Crippen molar-refractivity contribution in [2.24, 2.45) is 10.3 Å². The Labute approximate surface area is 442 Å². The van der Waals surface area contributed by atoms with E-state index in [9.17, 15) is 55.6 Å². The number of nitrogens with two attached hydrogens (primary N) is 4. The van der Waals surface area contributed by atoms with Crippen molar-refractivity contribution in [1.29, 1.82) is 0 Å². The van der Waals surface area contributed by atoms with Crippen LogP contribution in [-0.2, 0) is 55.5 Å². The van der Waals surface area contributed by atoms with E-state index in [2.05, 4.69) is 0 Å². The van der Waals surface area contributed by atoms with Crippen LogP contribution in [0.3, 0.4) is 0 Å². The molecule has 0 saturated heterocycles. The molecule has 0 aliphatic carbocycles. The Morgan fingerprint density at radius 2 is 0.784 bits per heavy atom. The Morgan fingerprint density at radius 3 is 1.03 bits per heavy atom. The fraction of sp³-hybridized carbons (Fsp3) is 0.489. The lowest BCUT2D eigenvalue weighted by molar-refractivity contribution is -0.385. The van der Waals surface area contributed by atoms with Crippen LogP contribution >= 0.6 is 10.7 Å². The smallest absolute Gasteiger partial charge is 0.271 e. The molecule has 0 aliphatic heterocycles. The fourth-order valence-electron chi connectivity index (χ4n) is 5.87. The number of nitrogen functional groups attached to an aromatic ring is 2. The molecule has 14 N–H and O–H groups in total. The molecule has 0 spiro atoms. The van der Waals surface area contributed by atoms with Gasteiger partial charge in [0.2, 0.25) is 20.0 Å². The van der Waals surface area contributed by atoms with Gasteiger partial charge in [0.1, 0.15) is 0 Å². The summed E-state index contributed by atoms with van der Waals surface area (Å²) in [5.41, 5.74) is 12.9. The van der Waals surface area contributed by atoms with Gasteiger partial charge in [-0.1, -0.05) is 109 Å². The van der Waals surface area contributed by atoms with Crippen LogP contribution in [0.15, 0.2) is 87.5 Å². The number of non-ortho nitro benzene ring substituents is 3. The Bertz CT molecular complexity index is 2680. The highest BCUT2D eigenvalue weighted by molar-refractivity contribution is 8.13. The number of nitro groups is 3. The number of aliphatic hydroxyl groups excluding tert-OH is 1. The molecule has 4 rings (SSSR count). The average molecular weight is 1130 g/mol. The summed E-state index contributed by atoms with van der Waals surface area (Å²) in [5.74, 6) is 0. The number of ether oxygens (including phenoxy) is 1. The first-order chi connectivity index (χ1) is 31.8. The topological polar surface area (TPSA) is 432 Å². The zero-order valence-electron chi connectivity index (χ0n) is 44.3. The predicted octanol–water partition coefficient (Wildman–Crippen LogP) is 9.06. The van der Waals surface area contributed by atoms with E-state index in [1.807, 2.05) is 76.2 Å². The number of benzene rings is 4. The molecule has 0 fully saturated rings. The largest absolute Gasteiger partial charge is 0.412 e. The SMILES string of the molecule is C.CC(C)(C)c1ccc(N)cc1S(N)(=O)=O.CC(C)(C)c1ccc([N+](=O)[O-])cc1N.CC(C)(C)c1ccc([N+](=O)[O-])cc1S(=O)(=O)Cl.CC(C)(C)c1ccc([N+](=O)[O-])cc1S(N)(=O)=O.CCO.CCOCC.N.O. The highest BCUT2D eigenvalue weighted by atomic mass is 35.7. The van der Waals surface area contributed by atoms with Gasteiger partial charge in [-0.2, -0.15) is 0 Å². The van der Waals surface area contributed by atoms with Gasteiger partial charge >= 0.3 is 0 Å². The maximum Gasteiger partial charge on any atom is 0.271 e. The van der Waals surface area contributed by atoms with Crippen molar-refractivity contribution in [2.45, 2.75) is 148 Å². The second kappa shape index (κ2) is 31.5. The number of hydrogen-bond donors (Lipinski definition) is 6. The van der Waals surface area contributed by atoms with E-state index < -0.39 is 54.7 Å². The molecule has 0 heterocycles. The number of primary sulfonamides is 2. The lowest BCUT2D eigenvalue weighted by Crippen LogP contribution is -2.21. The maximum absolute atomic E-state index is 11.4. The molecular formula is C47H81ClN8O15S3. The van der Waals surface area contributed by atoms with Crippen LogP contribution in [0.4, 0.5) is 28.4 Å². The second-order valence-corrected chi connectivity index (χ2v) is 24.9. The first-order valence-electron chi connectivity index (χ1n) is 21.5. The van der Waals surface area contributed by atoms with Crippen molar-refractivity contribution in [3.05, 3.63) is 125 Å². The van der Waals surface area contributed by atoms with Gasteiger partial charge in [0.25, 0.3) is 26.1 Å². The summed E-state index contributed by atoms with van der Waals surface area (Å²) >= 11 is 0. The standard InChI is InChI=1S/C10H12ClNO4S.C10H14N2O4S.C10H16N2O2S.C10H14N2O2.C4H10O.C2H6O.CH4.H3N.H2O/c2*1-10(2,3)8-5-4-7(12(13)14)6-9(8)17(11,15)16;1-10(2,3)8-5-4-7(11)6-9(8)15(12,13)14;1-10(2,3)8-5-4-7(12(13)14)6-9(8)11;1-3-5-4-2;1-2-3;;;/h4-6H,1-3H3;4-6H,1-3H3,(H2,11,15,16);4-6H,11H2,1-3H3,(H2,12,13,14);4-6H,11H2,1-3H3;3-4H2,1-2H3;3H,2H2,1H3;1H4;1H3;1H2. The van der Waals surface area contributed by atoms with Crippen LogP contribution in [0, 0.1) is 30.3 Å². The number of aliphatic hydroxyl groups is 1. The Kier molecular flexibility index (Phi) is 32.9. The number of sulfonamides is 2.